The van der Waals surface area contributed by atoms with Crippen molar-refractivity contribution >= 4 is 11.6 Å². The normalized spacial score (nSPS) is 10.4. The van der Waals surface area contributed by atoms with Gasteiger partial charge in [0.05, 0.1) is 17.5 Å². The summed E-state index contributed by atoms with van der Waals surface area (Å²) in [6, 6.07) is 2.40. The molecular weight excluding hydrogens is 288 g/mol. The topological polar surface area (TPSA) is 98.3 Å². The van der Waals surface area contributed by atoms with E-state index in [9.17, 15) is 23.7 Å². The summed E-state index contributed by atoms with van der Waals surface area (Å²) < 4.78 is 30.9. The molecule has 0 aliphatic rings. The predicted octanol–water partition coefficient (Wildman–Crippen LogP) is 2.10. The highest BCUT2D eigenvalue weighted by molar-refractivity contribution is 5.98. The van der Waals surface area contributed by atoms with Gasteiger partial charge in [0.15, 0.2) is 11.6 Å². The van der Waals surface area contributed by atoms with E-state index in [0.717, 1.165) is 0 Å². The fourth-order valence-corrected chi connectivity index (χ4v) is 1.64. The third-order valence-corrected chi connectivity index (χ3v) is 2.59. The molecule has 0 unspecified atom stereocenters. The summed E-state index contributed by atoms with van der Waals surface area (Å²) >= 11 is 0. The summed E-state index contributed by atoms with van der Waals surface area (Å²) in [7, 11) is 0. The molecule has 2 rings (SSSR count). The molecule has 0 bridgehead atoms. The zero-order chi connectivity index (χ0) is 15.6. The maximum atomic E-state index is 13.1. The first kappa shape index (κ1) is 14.6. The number of carbonyl (C=O) groups is 1. The van der Waals surface area contributed by atoms with Crippen LogP contribution in [0.2, 0.25) is 0 Å². The van der Waals surface area contributed by atoms with Crippen LogP contribution in [0.3, 0.4) is 0 Å². The summed E-state index contributed by atoms with van der Waals surface area (Å²) in [6.45, 7) is 1.59. The Morgan fingerprint density at radius 2 is 2.05 bits per heavy atom. The van der Waals surface area contributed by atoms with Crippen LogP contribution >= 0.6 is 0 Å². The molecule has 2 aromatic rings. The van der Waals surface area contributed by atoms with Crippen molar-refractivity contribution < 1.29 is 23.0 Å². The minimum atomic E-state index is -1.40. The molecule has 0 saturated carbocycles. The van der Waals surface area contributed by atoms with Crippen LogP contribution in [0.15, 0.2) is 22.7 Å². The fourth-order valence-electron chi connectivity index (χ4n) is 1.64. The van der Waals surface area contributed by atoms with Crippen molar-refractivity contribution in [2.75, 3.05) is 0 Å². The average molecular weight is 297 g/mol. The Hall–Kier alpha value is -2.84. The van der Waals surface area contributed by atoms with E-state index in [1.807, 2.05) is 0 Å². The van der Waals surface area contributed by atoms with Crippen LogP contribution in [0.1, 0.15) is 21.8 Å². The lowest BCUT2D eigenvalue weighted by atomic mass is 10.1. The van der Waals surface area contributed by atoms with E-state index >= 15 is 0 Å². The maximum Gasteiger partial charge on any atom is 0.285 e. The lowest BCUT2D eigenvalue weighted by Gasteiger charge is -2.04. The molecule has 1 aromatic carbocycles. The lowest BCUT2D eigenvalue weighted by Crippen LogP contribution is -2.24. The molecule has 0 spiro atoms. The van der Waals surface area contributed by atoms with E-state index in [1.165, 1.54) is 0 Å². The Labute approximate surface area is 116 Å². The molecular formula is C12H9F2N3O4. The first-order chi connectivity index (χ1) is 9.88. The Balaban J connectivity index is 2.22. The standard InChI is InChI=1S/C12H9F2N3O4/c1-6-2-7(16-21-6)5-15-12(18)8-3-9(13)10(14)4-11(8)17(19)20/h2-4H,5H2,1H3,(H,15,18). The number of amides is 1. The van der Waals surface area contributed by atoms with Crippen molar-refractivity contribution in [3.05, 3.63) is 57.0 Å². The minimum Gasteiger partial charge on any atom is -0.361 e. The molecule has 0 radical (unpaired) electrons. The molecule has 1 aromatic heterocycles. The molecule has 1 heterocycles. The van der Waals surface area contributed by atoms with Crippen molar-refractivity contribution in [3.63, 3.8) is 0 Å². The zero-order valence-corrected chi connectivity index (χ0v) is 10.7. The van der Waals surface area contributed by atoms with Gasteiger partial charge in [-0.15, -0.1) is 0 Å². The average Bonchev–Trinajstić information content (AvgIpc) is 2.84. The number of nitro benzene ring substituents is 1. The number of rotatable bonds is 4. The first-order valence-electron chi connectivity index (χ1n) is 5.72. The van der Waals surface area contributed by atoms with Crippen molar-refractivity contribution in [3.8, 4) is 0 Å². The van der Waals surface area contributed by atoms with Gasteiger partial charge in [0.25, 0.3) is 11.6 Å². The number of benzene rings is 1. The van der Waals surface area contributed by atoms with Crippen LogP contribution in [0.4, 0.5) is 14.5 Å². The number of nitrogens with zero attached hydrogens (tertiary/aromatic N) is 2. The van der Waals surface area contributed by atoms with E-state index in [1.54, 1.807) is 13.0 Å². The summed E-state index contributed by atoms with van der Waals surface area (Å²) in [5.41, 5.74) is -0.993. The third kappa shape index (κ3) is 3.19. The molecule has 21 heavy (non-hydrogen) atoms. The highest BCUT2D eigenvalue weighted by atomic mass is 19.2. The van der Waals surface area contributed by atoms with E-state index in [4.69, 9.17) is 4.52 Å². The number of carbonyl (C=O) groups excluding carboxylic acids is 1. The molecule has 0 aliphatic carbocycles. The minimum absolute atomic E-state index is 0.0632. The first-order valence-corrected chi connectivity index (χ1v) is 5.72. The molecule has 1 N–H and O–H groups in total. The van der Waals surface area contributed by atoms with Crippen molar-refractivity contribution in [1.29, 1.82) is 0 Å². The van der Waals surface area contributed by atoms with Gasteiger partial charge in [-0.1, -0.05) is 5.16 Å². The van der Waals surface area contributed by atoms with Crippen LogP contribution < -0.4 is 5.32 Å². The number of hydrogen-bond acceptors (Lipinski definition) is 5. The van der Waals surface area contributed by atoms with Gasteiger partial charge in [0.2, 0.25) is 0 Å². The van der Waals surface area contributed by atoms with Crippen molar-refractivity contribution in [2.45, 2.75) is 13.5 Å². The quantitative estimate of drug-likeness (QED) is 0.688. The van der Waals surface area contributed by atoms with E-state index in [-0.39, 0.29) is 6.54 Å². The van der Waals surface area contributed by atoms with E-state index in [0.29, 0.717) is 23.6 Å². The number of aryl methyl sites for hydroxylation is 1. The maximum absolute atomic E-state index is 13.1. The highest BCUT2D eigenvalue weighted by Crippen LogP contribution is 2.22. The summed E-state index contributed by atoms with van der Waals surface area (Å²) in [5.74, 6) is -3.13. The number of halogens is 2. The second kappa shape index (κ2) is 5.65. The Morgan fingerprint density at radius 3 is 2.62 bits per heavy atom. The second-order valence-corrected chi connectivity index (χ2v) is 4.15. The molecule has 0 saturated heterocycles. The number of nitro groups is 1. The van der Waals surface area contributed by atoms with Crippen LogP contribution in [0.5, 0.6) is 0 Å². The lowest BCUT2D eigenvalue weighted by molar-refractivity contribution is -0.385. The molecule has 110 valence electrons. The Bertz CT molecular complexity index is 715. The monoisotopic (exact) mass is 297 g/mol. The Kier molecular flexibility index (Phi) is 3.92. The van der Waals surface area contributed by atoms with Gasteiger partial charge in [-0.2, -0.15) is 0 Å². The Morgan fingerprint density at radius 1 is 1.38 bits per heavy atom. The van der Waals surface area contributed by atoms with Gasteiger partial charge in [-0.25, -0.2) is 8.78 Å². The number of nitrogens with one attached hydrogen (secondary N) is 1. The van der Waals surface area contributed by atoms with Gasteiger partial charge >= 0.3 is 0 Å². The predicted molar refractivity (Wildman–Crippen MR) is 65.4 cm³/mol. The largest absolute Gasteiger partial charge is 0.361 e. The van der Waals surface area contributed by atoms with Gasteiger partial charge in [-0.05, 0) is 13.0 Å². The smallest absolute Gasteiger partial charge is 0.285 e. The van der Waals surface area contributed by atoms with Gasteiger partial charge in [-0.3, -0.25) is 14.9 Å². The molecule has 9 heteroatoms. The molecule has 1 amide bonds. The van der Waals surface area contributed by atoms with Gasteiger partial charge in [0, 0.05) is 6.07 Å². The fraction of sp³-hybridized carbons (Fsp3) is 0.167. The van der Waals surface area contributed by atoms with Crippen molar-refractivity contribution in [1.82, 2.24) is 10.5 Å². The third-order valence-electron chi connectivity index (χ3n) is 2.59. The van der Waals surface area contributed by atoms with Crippen LogP contribution in [-0.2, 0) is 6.54 Å². The van der Waals surface area contributed by atoms with Crippen molar-refractivity contribution in [2.24, 2.45) is 0 Å². The van der Waals surface area contributed by atoms with Gasteiger partial charge in [0.1, 0.15) is 17.0 Å². The van der Waals surface area contributed by atoms with Crippen LogP contribution in [0.25, 0.3) is 0 Å². The molecule has 0 fully saturated rings. The number of hydrogen-bond donors (Lipinski definition) is 1. The van der Waals surface area contributed by atoms with Crippen LogP contribution in [0, 0.1) is 28.7 Å². The molecule has 0 atom stereocenters. The number of aromatic nitrogens is 1. The second-order valence-electron chi connectivity index (χ2n) is 4.15. The van der Waals surface area contributed by atoms with E-state index in [2.05, 4.69) is 10.5 Å². The summed E-state index contributed by atoms with van der Waals surface area (Å²) in [5, 5.41) is 16.7. The highest BCUT2D eigenvalue weighted by Gasteiger charge is 2.23. The summed E-state index contributed by atoms with van der Waals surface area (Å²) in [6.07, 6.45) is 0. The molecule has 7 nitrogen and oxygen atoms in total. The summed E-state index contributed by atoms with van der Waals surface area (Å²) in [4.78, 5) is 21.7. The molecule has 0 aliphatic heterocycles. The van der Waals surface area contributed by atoms with E-state index < -0.39 is 33.7 Å². The van der Waals surface area contributed by atoms with Gasteiger partial charge < -0.3 is 9.84 Å². The van der Waals surface area contributed by atoms with Crippen LogP contribution in [-0.4, -0.2) is 16.0 Å². The zero-order valence-electron chi connectivity index (χ0n) is 10.7. The SMILES string of the molecule is Cc1cc(CNC(=O)c2cc(F)c(F)cc2[N+](=O)[O-])no1.